The normalized spacial score (nSPS) is 9.94. The standard InChI is InChI=1S/C11H9BrN2O3/c12-9-5-6-10(17-9)14-11(16)13-7-1-3-8(15)4-2-7/h1-6,15H,(H2,13,14,16). The maximum Gasteiger partial charge on any atom is 0.326 e. The van der Waals surface area contributed by atoms with Crippen molar-refractivity contribution in [3.05, 3.63) is 41.1 Å². The maximum atomic E-state index is 11.5. The van der Waals surface area contributed by atoms with E-state index >= 15 is 0 Å². The van der Waals surface area contributed by atoms with Crippen LogP contribution in [0, 0.1) is 0 Å². The van der Waals surface area contributed by atoms with E-state index in [1.807, 2.05) is 0 Å². The van der Waals surface area contributed by atoms with Crippen molar-refractivity contribution in [1.29, 1.82) is 0 Å². The smallest absolute Gasteiger partial charge is 0.326 e. The van der Waals surface area contributed by atoms with E-state index in [1.165, 1.54) is 12.1 Å². The van der Waals surface area contributed by atoms with Crippen LogP contribution in [0.4, 0.5) is 16.4 Å². The first kappa shape index (κ1) is 11.5. The van der Waals surface area contributed by atoms with Crippen molar-refractivity contribution in [2.24, 2.45) is 0 Å². The molecule has 6 heteroatoms. The summed E-state index contributed by atoms with van der Waals surface area (Å²) in [6.07, 6.45) is 0. The summed E-state index contributed by atoms with van der Waals surface area (Å²) in [6, 6.07) is 9.03. The zero-order valence-electron chi connectivity index (χ0n) is 8.61. The molecule has 0 atom stereocenters. The molecular formula is C11H9BrN2O3. The van der Waals surface area contributed by atoms with Gasteiger partial charge in [0.05, 0.1) is 0 Å². The molecule has 1 aromatic carbocycles. The van der Waals surface area contributed by atoms with Crippen LogP contribution in [0.3, 0.4) is 0 Å². The summed E-state index contributed by atoms with van der Waals surface area (Å²) in [4.78, 5) is 11.5. The maximum absolute atomic E-state index is 11.5. The van der Waals surface area contributed by atoms with E-state index in [4.69, 9.17) is 9.52 Å². The molecule has 0 aliphatic rings. The number of furan rings is 1. The molecule has 2 rings (SSSR count). The summed E-state index contributed by atoms with van der Waals surface area (Å²) in [5.41, 5.74) is 0.575. The molecule has 0 spiro atoms. The van der Waals surface area contributed by atoms with Gasteiger partial charge in [0.2, 0.25) is 5.88 Å². The lowest BCUT2D eigenvalue weighted by atomic mass is 10.3. The number of phenolic OH excluding ortho intramolecular Hbond substituents is 1. The van der Waals surface area contributed by atoms with Crippen molar-refractivity contribution in [3.63, 3.8) is 0 Å². The number of carbonyl (C=O) groups excluding carboxylic acids is 1. The summed E-state index contributed by atoms with van der Waals surface area (Å²) in [6.45, 7) is 0. The Balaban J connectivity index is 1.95. The minimum atomic E-state index is -0.419. The fourth-order valence-electron chi connectivity index (χ4n) is 1.20. The second-order valence-electron chi connectivity index (χ2n) is 3.23. The van der Waals surface area contributed by atoms with Crippen LogP contribution in [0.1, 0.15) is 0 Å². The number of halogens is 1. The second kappa shape index (κ2) is 4.92. The van der Waals surface area contributed by atoms with Gasteiger partial charge in [-0.05, 0) is 46.3 Å². The van der Waals surface area contributed by atoms with Crippen LogP contribution in [0.2, 0.25) is 0 Å². The van der Waals surface area contributed by atoms with Crippen LogP contribution in [-0.2, 0) is 0 Å². The Morgan fingerprint density at radius 1 is 1.12 bits per heavy atom. The van der Waals surface area contributed by atoms with Crippen LogP contribution >= 0.6 is 15.9 Å². The van der Waals surface area contributed by atoms with E-state index in [9.17, 15) is 4.79 Å². The molecule has 0 radical (unpaired) electrons. The molecule has 0 aliphatic heterocycles. The number of aromatic hydroxyl groups is 1. The number of hydrogen-bond donors (Lipinski definition) is 3. The predicted molar refractivity (Wildman–Crippen MR) is 67.2 cm³/mol. The molecule has 2 aromatic rings. The Morgan fingerprint density at radius 3 is 2.41 bits per heavy atom. The molecule has 1 heterocycles. The highest BCUT2D eigenvalue weighted by Gasteiger charge is 2.05. The van der Waals surface area contributed by atoms with E-state index in [2.05, 4.69) is 26.6 Å². The molecule has 88 valence electrons. The number of nitrogens with one attached hydrogen (secondary N) is 2. The number of phenols is 1. The largest absolute Gasteiger partial charge is 0.508 e. The molecule has 2 amide bonds. The van der Waals surface area contributed by atoms with Gasteiger partial charge in [-0.25, -0.2) is 4.79 Å². The third-order valence-electron chi connectivity index (χ3n) is 1.94. The lowest BCUT2D eigenvalue weighted by molar-refractivity contribution is 0.261. The summed E-state index contributed by atoms with van der Waals surface area (Å²) >= 11 is 3.13. The summed E-state index contributed by atoms with van der Waals surface area (Å²) in [5, 5.41) is 14.2. The topological polar surface area (TPSA) is 74.5 Å². The predicted octanol–water partition coefficient (Wildman–Crippen LogP) is 3.39. The van der Waals surface area contributed by atoms with Gasteiger partial charge in [-0.1, -0.05) is 0 Å². The van der Waals surface area contributed by atoms with E-state index in [0.29, 0.717) is 16.2 Å². The molecular weight excluding hydrogens is 288 g/mol. The third kappa shape index (κ3) is 3.25. The first-order valence-corrected chi connectivity index (χ1v) is 5.55. The van der Waals surface area contributed by atoms with Gasteiger partial charge in [0, 0.05) is 11.8 Å². The van der Waals surface area contributed by atoms with Gasteiger partial charge in [-0.2, -0.15) is 0 Å². The van der Waals surface area contributed by atoms with Crippen molar-refractivity contribution in [1.82, 2.24) is 0 Å². The Kier molecular flexibility index (Phi) is 3.34. The Morgan fingerprint density at radius 2 is 1.82 bits per heavy atom. The number of carbonyl (C=O) groups is 1. The first-order valence-electron chi connectivity index (χ1n) is 4.76. The Hall–Kier alpha value is -1.95. The number of urea groups is 1. The molecule has 5 nitrogen and oxygen atoms in total. The van der Waals surface area contributed by atoms with Gasteiger partial charge in [0.15, 0.2) is 4.67 Å². The highest BCUT2D eigenvalue weighted by molar-refractivity contribution is 9.10. The van der Waals surface area contributed by atoms with Crippen molar-refractivity contribution in [3.8, 4) is 5.75 Å². The van der Waals surface area contributed by atoms with E-state index in [-0.39, 0.29) is 5.75 Å². The van der Waals surface area contributed by atoms with Gasteiger partial charge in [0.25, 0.3) is 0 Å². The lowest BCUT2D eigenvalue weighted by Crippen LogP contribution is -2.18. The fourth-order valence-corrected chi connectivity index (χ4v) is 1.51. The minimum Gasteiger partial charge on any atom is -0.508 e. The van der Waals surface area contributed by atoms with Gasteiger partial charge in [-0.15, -0.1) is 0 Å². The van der Waals surface area contributed by atoms with Crippen molar-refractivity contribution >= 4 is 33.5 Å². The molecule has 0 fully saturated rings. The monoisotopic (exact) mass is 296 g/mol. The van der Waals surface area contributed by atoms with Crippen molar-refractivity contribution in [2.75, 3.05) is 10.6 Å². The lowest BCUT2D eigenvalue weighted by Gasteiger charge is -2.05. The second-order valence-corrected chi connectivity index (χ2v) is 4.01. The molecule has 17 heavy (non-hydrogen) atoms. The number of hydrogen-bond acceptors (Lipinski definition) is 3. The first-order chi connectivity index (χ1) is 8.13. The quantitative estimate of drug-likeness (QED) is 0.744. The van der Waals surface area contributed by atoms with Crippen LogP contribution in [-0.4, -0.2) is 11.1 Å². The summed E-state index contributed by atoms with van der Waals surface area (Å²) in [5.74, 6) is 0.485. The van der Waals surface area contributed by atoms with E-state index in [1.54, 1.807) is 24.3 Å². The molecule has 0 saturated heterocycles. The number of anilines is 2. The molecule has 0 unspecified atom stereocenters. The zero-order valence-corrected chi connectivity index (χ0v) is 10.2. The van der Waals surface area contributed by atoms with Crippen molar-refractivity contribution in [2.45, 2.75) is 0 Å². The van der Waals surface area contributed by atoms with Crippen LogP contribution < -0.4 is 10.6 Å². The minimum absolute atomic E-state index is 0.144. The van der Waals surface area contributed by atoms with E-state index < -0.39 is 6.03 Å². The number of benzene rings is 1. The number of rotatable bonds is 2. The Bertz CT molecular complexity index is 522. The van der Waals surface area contributed by atoms with E-state index in [0.717, 1.165) is 0 Å². The molecule has 3 N–H and O–H groups in total. The van der Waals surface area contributed by atoms with Gasteiger partial charge >= 0.3 is 6.03 Å². The SMILES string of the molecule is O=C(Nc1ccc(O)cc1)Nc1ccc(Br)o1. The van der Waals surface area contributed by atoms with Crippen LogP contribution in [0.15, 0.2) is 45.5 Å². The fraction of sp³-hybridized carbons (Fsp3) is 0. The van der Waals surface area contributed by atoms with Crippen molar-refractivity contribution < 1.29 is 14.3 Å². The summed E-state index contributed by atoms with van der Waals surface area (Å²) in [7, 11) is 0. The third-order valence-corrected chi connectivity index (χ3v) is 2.36. The Labute approximate surface area is 106 Å². The highest BCUT2D eigenvalue weighted by atomic mass is 79.9. The highest BCUT2D eigenvalue weighted by Crippen LogP contribution is 2.19. The molecule has 0 aliphatic carbocycles. The molecule has 0 bridgehead atoms. The van der Waals surface area contributed by atoms with Gasteiger partial charge in [0.1, 0.15) is 5.75 Å². The number of amides is 2. The zero-order chi connectivity index (χ0) is 12.3. The molecule has 1 aromatic heterocycles. The average molecular weight is 297 g/mol. The van der Waals surface area contributed by atoms with Crippen LogP contribution in [0.5, 0.6) is 5.75 Å². The molecule has 0 saturated carbocycles. The van der Waals surface area contributed by atoms with Gasteiger partial charge in [-0.3, -0.25) is 5.32 Å². The van der Waals surface area contributed by atoms with Crippen LogP contribution in [0.25, 0.3) is 0 Å². The van der Waals surface area contributed by atoms with Gasteiger partial charge < -0.3 is 14.8 Å². The average Bonchev–Trinajstić information content (AvgIpc) is 2.67. The summed E-state index contributed by atoms with van der Waals surface area (Å²) < 4.78 is 5.65.